The summed E-state index contributed by atoms with van der Waals surface area (Å²) >= 11 is 0. The molecule has 1 saturated carbocycles. The Morgan fingerprint density at radius 1 is 1.29 bits per heavy atom. The minimum atomic E-state index is -0.269. The Balaban J connectivity index is 1.69. The number of carbonyl (C=O) groups excluding carboxylic acids is 2. The molecule has 17 heavy (non-hydrogen) atoms. The van der Waals surface area contributed by atoms with Crippen LogP contribution in [-0.2, 0) is 9.59 Å². The van der Waals surface area contributed by atoms with Crippen LogP contribution in [0.5, 0.6) is 0 Å². The van der Waals surface area contributed by atoms with E-state index in [-0.39, 0.29) is 30.3 Å². The molecule has 1 N–H and O–H groups in total. The first-order valence-corrected chi connectivity index (χ1v) is 6.19. The van der Waals surface area contributed by atoms with Crippen LogP contribution < -0.4 is 5.32 Å². The molecular weight excluding hydrogens is 218 g/mol. The lowest BCUT2D eigenvalue weighted by molar-refractivity contribution is -0.131. The molecule has 2 fully saturated rings. The predicted octanol–water partition coefficient (Wildman–Crippen LogP) is 0.417. The zero-order valence-electron chi connectivity index (χ0n) is 9.82. The largest absolute Gasteiger partial charge is 0.347 e. The van der Waals surface area contributed by atoms with Crippen molar-refractivity contribution >= 4 is 11.8 Å². The van der Waals surface area contributed by atoms with Gasteiger partial charge in [0, 0.05) is 5.92 Å². The molecule has 1 heterocycles. The topological polar surface area (TPSA) is 73.0 Å². The molecule has 0 spiro atoms. The van der Waals surface area contributed by atoms with Gasteiger partial charge in [0.05, 0.1) is 19.2 Å². The molecule has 2 aliphatic rings. The minimum absolute atomic E-state index is 0.00610. The molecular formula is C12H17N3O2. The molecule has 1 saturated heterocycles. The highest BCUT2D eigenvalue weighted by atomic mass is 16.2. The molecule has 2 amide bonds. The maximum Gasteiger partial charge on any atom is 0.243 e. The van der Waals surface area contributed by atoms with Gasteiger partial charge in [-0.1, -0.05) is 19.3 Å². The molecule has 1 unspecified atom stereocenters. The van der Waals surface area contributed by atoms with E-state index >= 15 is 0 Å². The van der Waals surface area contributed by atoms with E-state index in [0.29, 0.717) is 6.54 Å². The van der Waals surface area contributed by atoms with Crippen molar-refractivity contribution in [2.45, 2.75) is 38.1 Å². The standard InChI is InChI=1S/C12H17N3O2/c13-6-10-8-15(10)11(16)7-14-12(17)9-4-2-1-3-5-9/h9-10H,1-5,7-8H2,(H,14,17). The number of rotatable bonds is 3. The average Bonchev–Trinajstić information content (AvgIpc) is 3.16. The molecule has 0 aromatic carbocycles. The first kappa shape index (κ1) is 11.9. The summed E-state index contributed by atoms with van der Waals surface area (Å²) in [4.78, 5) is 24.7. The summed E-state index contributed by atoms with van der Waals surface area (Å²) in [6.45, 7) is 0.544. The van der Waals surface area contributed by atoms with E-state index in [1.165, 1.54) is 11.3 Å². The molecule has 1 aliphatic carbocycles. The summed E-state index contributed by atoms with van der Waals surface area (Å²) in [5.41, 5.74) is 0. The monoisotopic (exact) mass is 235 g/mol. The van der Waals surface area contributed by atoms with Gasteiger partial charge in [-0.3, -0.25) is 9.59 Å². The highest BCUT2D eigenvalue weighted by Crippen LogP contribution is 2.23. The third-order valence-electron chi connectivity index (χ3n) is 3.47. The highest BCUT2D eigenvalue weighted by molar-refractivity contribution is 5.87. The van der Waals surface area contributed by atoms with Crippen molar-refractivity contribution in [1.82, 2.24) is 10.2 Å². The number of nitrogens with zero attached hydrogens (tertiary/aromatic N) is 2. The van der Waals surface area contributed by atoms with Crippen molar-refractivity contribution in [3.63, 3.8) is 0 Å². The highest BCUT2D eigenvalue weighted by Gasteiger charge is 2.38. The van der Waals surface area contributed by atoms with Crippen molar-refractivity contribution < 1.29 is 9.59 Å². The van der Waals surface area contributed by atoms with Crippen molar-refractivity contribution in [2.24, 2.45) is 5.92 Å². The van der Waals surface area contributed by atoms with Gasteiger partial charge in [0.2, 0.25) is 11.8 Å². The second-order valence-electron chi connectivity index (χ2n) is 4.74. The molecule has 1 aliphatic heterocycles. The molecule has 92 valence electrons. The van der Waals surface area contributed by atoms with Gasteiger partial charge >= 0.3 is 0 Å². The van der Waals surface area contributed by atoms with Crippen LogP contribution in [0.4, 0.5) is 0 Å². The van der Waals surface area contributed by atoms with Crippen molar-refractivity contribution in [2.75, 3.05) is 13.1 Å². The maximum atomic E-state index is 11.7. The van der Waals surface area contributed by atoms with Gasteiger partial charge in [-0.2, -0.15) is 5.26 Å². The quantitative estimate of drug-likeness (QED) is 0.720. The normalized spacial score (nSPS) is 23.9. The second-order valence-corrected chi connectivity index (χ2v) is 4.74. The number of hydrogen-bond donors (Lipinski definition) is 1. The van der Waals surface area contributed by atoms with Crippen LogP contribution in [0.25, 0.3) is 0 Å². The van der Waals surface area contributed by atoms with E-state index in [2.05, 4.69) is 5.32 Å². The van der Waals surface area contributed by atoms with Crippen molar-refractivity contribution in [3.05, 3.63) is 0 Å². The van der Waals surface area contributed by atoms with Gasteiger partial charge in [0.15, 0.2) is 0 Å². The van der Waals surface area contributed by atoms with Gasteiger partial charge in [-0.15, -0.1) is 0 Å². The number of hydrogen-bond acceptors (Lipinski definition) is 3. The van der Waals surface area contributed by atoms with Gasteiger partial charge < -0.3 is 10.2 Å². The molecule has 1 atom stereocenters. The Morgan fingerprint density at radius 3 is 2.59 bits per heavy atom. The third kappa shape index (κ3) is 2.96. The fourth-order valence-electron chi connectivity index (χ4n) is 2.30. The van der Waals surface area contributed by atoms with Crippen LogP contribution in [0.3, 0.4) is 0 Å². The fraction of sp³-hybridized carbons (Fsp3) is 0.750. The Morgan fingerprint density at radius 2 is 2.00 bits per heavy atom. The number of nitrogens with one attached hydrogen (secondary N) is 1. The molecule has 0 aromatic heterocycles. The third-order valence-corrected chi connectivity index (χ3v) is 3.47. The summed E-state index contributed by atoms with van der Waals surface area (Å²) in [5, 5.41) is 11.3. The molecule has 0 radical (unpaired) electrons. The number of nitriles is 1. The summed E-state index contributed by atoms with van der Waals surface area (Å²) in [7, 11) is 0. The van der Waals surface area contributed by atoms with E-state index in [1.807, 2.05) is 6.07 Å². The van der Waals surface area contributed by atoms with E-state index in [4.69, 9.17) is 5.26 Å². The van der Waals surface area contributed by atoms with Crippen LogP contribution in [0, 0.1) is 17.2 Å². The predicted molar refractivity (Wildman–Crippen MR) is 60.7 cm³/mol. The first-order valence-electron chi connectivity index (χ1n) is 6.19. The number of amides is 2. The van der Waals surface area contributed by atoms with Gasteiger partial charge in [-0.05, 0) is 12.8 Å². The van der Waals surface area contributed by atoms with E-state index in [1.54, 1.807) is 0 Å². The Hall–Kier alpha value is -1.57. The van der Waals surface area contributed by atoms with E-state index in [0.717, 1.165) is 25.7 Å². The van der Waals surface area contributed by atoms with Gasteiger partial charge in [0.1, 0.15) is 6.04 Å². The average molecular weight is 235 g/mol. The SMILES string of the molecule is N#CC1CN1C(=O)CNC(=O)C1CCCCC1. The van der Waals surface area contributed by atoms with Gasteiger partial charge in [0.25, 0.3) is 0 Å². The molecule has 0 aromatic rings. The van der Waals surface area contributed by atoms with Crippen LogP contribution >= 0.6 is 0 Å². The Bertz CT molecular complexity index is 355. The molecule has 2 rings (SSSR count). The number of carbonyl (C=O) groups is 2. The lowest BCUT2D eigenvalue weighted by Gasteiger charge is -2.20. The lowest BCUT2D eigenvalue weighted by atomic mass is 9.89. The lowest BCUT2D eigenvalue weighted by Crippen LogP contribution is -2.37. The van der Waals surface area contributed by atoms with E-state index < -0.39 is 0 Å². The zero-order chi connectivity index (χ0) is 12.3. The van der Waals surface area contributed by atoms with Gasteiger partial charge in [-0.25, -0.2) is 0 Å². The summed E-state index contributed by atoms with van der Waals surface area (Å²) in [6, 6.07) is 1.74. The first-order chi connectivity index (χ1) is 8.22. The zero-order valence-corrected chi connectivity index (χ0v) is 9.82. The van der Waals surface area contributed by atoms with E-state index in [9.17, 15) is 9.59 Å². The molecule has 5 nitrogen and oxygen atoms in total. The Labute approximate surface area is 101 Å². The van der Waals surface area contributed by atoms with Crippen LogP contribution in [0.1, 0.15) is 32.1 Å². The van der Waals surface area contributed by atoms with Crippen molar-refractivity contribution in [3.8, 4) is 6.07 Å². The second kappa shape index (κ2) is 5.17. The summed E-state index contributed by atoms with van der Waals surface area (Å²) < 4.78 is 0. The maximum absolute atomic E-state index is 11.7. The van der Waals surface area contributed by atoms with Crippen LogP contribution in [0.15, 0.2) is 0 Å². The smallest absolute Gasteiger partial charge is 0.243 e. The molecule has 5 heteroatoms. The van der Waals surface area contributed by atoms with Crippen molar-refractivity contribution in [1.29, 1.82) is 5.26 Å². The fourth-order valence-corrected chi connectivity index (χ4v) is 2.30. The minimum Gasteiger partial charge on any atom is -0.347 e. The Kier molecular flexibility index (Phi) is 3.62. The van der Waals surface area contributed by atoms with Crippen LogP contribution in [0.2, 0.25) is 0 Å². The summed E-state index contributed by atoms with van der Waals surface area (Å²) in [5.74, 6) is -0.0772. The summed E-state index contributed by atoms with van der Waals surface area (Å²) in [6.07, 6.45) is 5.29. The van der Waals surface area contributed by atoms with Crippen LogP contribution in [-0.4, -0.2) is 35.8 Å². The molecule has 0 bridgehead atoms.